The van der Waals surface area contributed by atoms with Crippen LogP contribution in [0.15, 0.2) is 41.5 Å². The number of carboxylic acids is 1. The van der Waals surface area contributed by atoms with Crippen molar-refractivity contribution in [1.82, 2.24) is 19.9 Å². The van der Waals surface area contributed by atoms with Gasteiger partial charge in [0.1, 0.15) is 5.52 Å². The van der Waals surface area contributed by atoms with Crippen LogP contribution in [-0.2, 0) is 11.2 Å². The topological polar surface area (TPSA) is 138 Å². The minimum atomic E-state index is -0.884. The Labute approximate surface area is 146 Å². The molecule has 0 spiro atoms. The van der Waals surface area contributed by atoms with Crippen LogP contribution in [0.5, 0.6) is 0 Å². The van der Waals surface area contributed by atoms with Gasteiger partial charge in [-0.25, -0.2) is 9.97 Å². The monoisotopic (exact) mass is 349 g/mol. The summed E-state index contributed by atoms with van der Waals surface area (Å²) < 4.78 is 0. The van der Waals surface area contributed by atoms with Crippen LogP contribution >= 0.6 is 0 Å². The number of carbonyl (C=O) groups is 1. The van der Waals surface area contributed by atoms with E-state index in [1.165, 1.54) is 0 Å². The van der Waals surface area contributed by atoms with Gasteiger partial charge >= 0.3 is 5.97 Å². The predicted octanol–water partition coefficient (Wildman–Crippen LogP) is 2.07. The van der Waals surface area contributed by atoms with Crippen LogP contribution in [-0.4, -0.2) is 31.0 Å². The minimum absolute atomic E-state index is 0.0105. The predicted molar refractivity (Wildman–Crippen MR) is 97.8 cm³/mol. The van der Waals surface area contributed by atoms with Crippen molar-refractivity contribution in [2.75, 3.05) is 5.73 Å². The van der Waals surface area contributed by atoms with E-state index in [2.05, 4.69) is 19.9 Å². The standard InChI is InChI=1S/C18H15N5O3/c19-18-20-6-5-12(23-18)9-1-3-13-11(7-9)15-10(2-4-14(24)25)8-21-16(15)17(26)22-13/h1,3,5-8,21H,2,4H2,(H,22,26)(H,24,25)(H2,19,20,23). The lowest BCUT2D eigenvalue weighted by Gasteiger charge is -2.06. The third-order valence-electron chi connectivity index (χ3n) is 4.30. The molecule has 1 aromatic carbocycles. The summed E-state index contributed by atoms with van der Waals surface area (Å²) in [4.78, 5) is 37.2. The zero-order valence-electron chi connectivity index (χ0n) is 13.6. The largest absolute Gasteiger partial charge is 0.481 e. The molecule has 0 aliphatic rings. The second kappa shape index (κ2) is 5.99. The number of benzene rings is 1. The lowest BCUT2D eigenvalue weighted by Crippen LogP contribution is -2.06. The Kier molecular flexibility index (Phi) is 3.65. The number of nitrogens with two attached hydrogens (primary N) is 1. The average Bonchev–Trinajstić information content (AvgIpc) is 3.05. The molecule has 0 saturated carbocycles. The van der Waals surface area contributed by atoms with E-state index in [1.807, 2.05) is 12.1 Å². The normalized spacial score (nSPS) is 11.2. The second-order valence-corrected chi connectivity index (χ2v) is 5.97. The highest BCUT2D eigenvalue weighted by Crippen LogP contribution is 2.29. The molecule has 0 bridgehead atoms. The van der Waals surface area contributed by atoms with E-state index in [0.717, 1.165) is 21.9 Å². The summed E-state index contributed by atoms with van der Waals surface area (Å²) in [5.41, 5.74) is 8.80. The molecule has 26 heavy (non-hydrogen) atoms. The van der Waals surface area contributed by atoms with Crippen molar-refractivity contribution in [2.45, 2.75) is 12.8 Å². The highest BCUT2D eigenvalue weighted by Gasteiger charge is 2.14. The van der Waals surface area contributed by atoms with Gasteiger partial charge in [-0.2, -0.15) is 0 Å². The molecule has 0 amide bonds. The van der Waals surface area contributed by atoms with Gasteiger partial charge in [0.2, 0.25) is 5.95 Å². The number of aromatic amines is 2. The van der Waals surface area contributed by atoms with Crippen LogP contribution in [0.2, 0.25) is 0 Å². The summed E-state index contributed by atoms with van der Waals surface area (Å²) in [5, 5.41) is 10.5. The first-order chi connectivity index (χ1) is 12.5. The fourth-order valence-corrected chi connectivity index (χ4v) is 3.13. The van der Waals surface area contributed by atoms with Crippen LogP contribution in [0.4, 0.5) is 5.95 Å². The van der Waals surface area contributed by atoms with Crippen LogP contribution < -0.4 is 11.3 Å². The summed E-state index contributed by atoms with van der Waals surface area (Å²) >= 11 is 0. The second-order valence-electron chi connectivity index (χ2n) is 5.97. The number of rotatable bonds is 4. The summed E-state index contributed by atoms with van der Waals surface area (Å²) in [5.74, 6) is -0.705. The smallest absolute Gasteiger partial charge is 0.303 e. The van der Waals surface area contributed by atoms with Crippen molar-refractivity contribution in [2.24, 2.45) is 0 Å². The Balaban J connectivity index is 1.97. The van der Waals surface area contributed by atoms with E-state index in [0.29, 0.717) is 23.1 Å². The lowest BCUT2D eigenvalue weighted by molar-refractivity contribution is -0.136. The van der Waals surface area contributed by atoms with Crippen LogP contribution in [0, 0.1) is 0 Å². The number of nitrogen functional groups attached to an aromatic ring is 1. The molecule has 0 fully saturated rings. The molecule has 4 rings (SSSR count). The Morgan fingerprint density at radius 2 is 2.12 bits per heavy atom. The van der Waals surface area contributed by atoms with Crippen molar-refractivity contribution in [3.63, 3.8) is 0 Å². The molecular formula is C18H15N5O3. The number of H-pyrrole nitrogens is 2. The van der Waals surface area contributed by atoms with Crippen molar-refractivity contribution >= 4 is 33.7 Å². The Hall–Kier alpha value is -3.68. The van der Waals surface area contributed by atoms with Gasteiger partial charge in [-0.1, -0.05) is 6.07 Å². The van der Waals surface area contributed by atoms with Crippen molar-refractivity contribution < 1.29 is 9.90 Å². The van der Waals surface area contributed by atoms with Crippen molar-refractivity contribution in [3.05, 3.63) is 52.6 Å². The maximum atomic E-state index is 12.3. The van der Waals surface area contributed by atoms with E-state index >= 15 is 0 Å². The maximum Gasteiger partial charge on any atom is 0.303 e. The third kappa shape index (κ3) is 2.67. The number of hydrogen-bond acceptors (Lipinski definition) is 5. The first-order valence-electron chi connectivity index (χ1n) is 7.99. The molecule has 0 atom stereocenters. The molecule has 130 valence electrons. The molecule has 3 heterocycles. The molecule has 0 radical (unpaired) electrons. The molecule has 8 nitrogen and oxygen atoms in total. The zero-order chi connectivity index (χ0) is 18.3. The molecule has 0 aliphatic heterocycles. The van der Waals surface area contributed by atoms with Crippen LogP contribution in [0.1, 0.15) is 12.0 Å². The van der Waals surface area contributed by atoms with E-state index in [4.69, 9.17) is 10.8 Å². The third-order valence-corrected chi connectivity index (χ3v) is 4.30. The fraction of sp³-hybridized carbons (Fsp3) is 0.111. The summed E-state index contributed by atoms with van der Waals surface area (Å²) in [6.07, 6.45) is 3.60. The molecule has 0 unspecified atom stereocenters. The highest BCUT2D eigenvalue weighted by atomic mass is 16.4. The summed E-state index contributed by atoms with van der Waals surface area (Å²) in [6, 6.07) is 7.31. The molecule has 5 N–H and O–H groups in total. The van der Waals surface area contributed by atoms with Crippen molar-refractivity contribution in [3.8, 4) is 11.3 Å². The average molecular weight is 349 g/mol. The Bertz CT molecular complexity index is 1210. The van der Waals surface area contributed by atoms with Gasteiger partial charge in [0.05, 0.1) is 5.69 Å². The van der Waals surface area contributed by atoms with Gasteiger partial charge in [0.15, 0.2) is 0 Å². The fourth-order valence-electron chi connectivity index (χ4n) is 3.13. The van der Waals surface area contributed by atoms with E-state index < -0.39 is 5.97 Å². The van der Waals surface area contributed by atoms with Gasteiger partial charge in [0, 0.05) is 40.7 Å². The van der Waals surface area contributed by atoms with Crippen LogP contribution in [0.3, 0.4) is 0 Å². The molecule has 3 aromatic heterocycles. The molecular weight excluding hydrogens is 334 g/mol. The van der Waals surface area contributed by atoms with Gasteiger partial charge in [-0.15, -0.1) is 0 Å². The first kappa shape index (κ1) is 15.8. The van der Waals surface area contributed by atoms with E-state index in [1.54, 1.807) is 24.5 Å². The maximum absolute atomic E-state index is 12.3. The lowest BCUT2D eigenvalue weighted by atomic mass is 10.0. The SMILES string of the molecule is Nc1nccc(-c2ccc3[nH]c(=O)c4[nH]cc(CCC(=O)O)c4c3c2)n1. The zero-order valence-corrected chi connectivity index (χ0v) is 13.6. The molecule has 4 aromatic rings. The van der Waals surface area contributed by atoms with Crippen molar-refractivity contribution in [1.29, 1.82) is 0 Å². The molecule has 0 aliphatic carbocycles. The number of anilines is 1. The number of nitrogens with zero attached hydrogens (tertiary/aromatic N) is 2. The highest BCUT2D eigenvalue weighted by molar-refractivity contribution is 6.07. The van der Waals surface area contributed by atoms with E-state index in [-0.39, 0.29) is 17.9 Å². The van der Waals surface area contributed by atoms with Gasteiger partial charge in [0.25, 0.3) is 5.56 Å². The Morgan fingerprint density at radius 1 is 1.27 bits per heavy atom. The van der Waals surface area contributed by atoms with Gasteiger partial charge in [-0.05, 0) is 30.2 Å². The molecule has 8 heteroatoms. The number of aryl methyl sites for hydroxylation is 1. The number of hydrogen-bond donors (Lipinski definition) is 4. The summed E-state index contributed by atoms with van der Waals surface area (Å²) in [6.45, 7) is 0. The number of fused-ring (bicyclic) bond motifs is 3. The number of carboxylic acid groups (broad SMARTS) is 1. The van der Waals surface area contributed by atoms with Gasteiger partial charge in [-0.3, -0.25) is 9.59 Å². The quantitative estimate of drug-likeness (QED) is 0.445. The first-order valence-corrected chi connectivity index (χ1v) is 7.99. The molecule has 0 saturated heterocycles. The van der Waals surface area contributed by atoms with Crippen LogP contribution in [0.25, 0.3) is 33.1 Å². The summed E-state index contributed by atoms with van der Waals surface area (Å²) in [7, 11) is 0. The Morgan fingerprint density at radius 3 is 2.88 bits per heavy atom. The minimum Gasteiger partial charge on any atom is -0.481 e. The number of aliphatic carboxylic acids is 1. The number of pyridine rings is 1. The number of aromatic nitrogens is 4. The van der Waals surface area contributed by atoms with E-state index in [9.17, 15) is 9.59 Å². The number of nitrogens with one attached hydrogen (secondary N) is 2. The van der Waals surface area contributed by atoms with Gasteiger partial charge < -0.3 is 20.8 Å².